The maximum Gasteiger partial charge on any atom is 0.338 e. The fourth-order valence-electron chi connectivity index (χ4n) is 7.96. The van der Waals surface area contributed by atoms with E-state index in [2.05, 4.69) is 0 Å². The van der Waals surface area contributed by atoms with Gasteiger partial charge in [-0.25, -0.2) is 4.79 Å². The Morgan fingerprint density at radius 2 is 1.77 bits per heavy atom. The Hall–Kier alpha value is -2.55. The van der Waals surface area contributed by atoms with Crippen molar-refractivity contribution in [3.05, 3.63) is 47.0 Å². The summed E-state index contributed by atoms with van der Waals surface area (Å²) in [5, 5.41) is 24.4. The molecule has 2 fully saturated rings. The van der Waals surface area contributed by atoms with Gasteiger partial charge in [-0.3, -0.25) is 9.59 Å². The molecule has 0 amide bonds. The molecule has 1 aromatic rings. The average Bonchev–Trinajstić information content (AvgIpc) is 2.87. The summed E-state index contributed by atoms with van der Waals surface area (Å²) in [6.07, 6.45) is -3.04. The van der Waals surface area contributed by atoms with Gasteiger partial charge in [0.1, 0.15) is 17.8 Å². The van der Waals surface area contributed by atoms with Crippen LogP contribution in [-0.4, -0.2) is 64.1 Å². The van der Waals surface area contributed by atoms with Crippen molar-refractivity contribution in [2.24, 2.45) is 22.7 Å². The summed E-state index contributed by atoms with van der Waals surface area (Å²) in [4.78, 5) is 40.7. The van der Waals surface area contributed by atoms with Gasteiger partial charge in [-0.15, -0.1) is 0 Å². The molecule has 7 unspecified atom stereocenters. The number of carbonyl (C=O) groups is 3. The van der Waals surface area contributed by atoms with E-state index < -0.39 is 58.2 Å². The van der Waals surface area contributed by atoms with Crippen LogP contribution in [0.4, 0.5) is 0 Å². The average molecular weight is 543 g/mol. The van der Waals surface area contributed by atoms with Gasteiger partial charge in [0.25, 0.3) is 0 Å². The molecule has 2 aliphatic carbocycles. The molecule has 1 saturated heterocycles. The number of aliphatic hydroxyl groups is 2. The number of rotatable bonds is 5. The van der Waals surface area contributed by atoms with Crippen molar-refractivity contribution in [2.45, 2.75) is 97.7 Å². The topological polar surface area (TPSA) is 119 Å². The molecule has 214 valence electrons. The molecule has 0 radical (unpaired) electrons. The van der Waals surface area contributed by atoms with E-state index in [1.54, 1.807) is 44.2 Å². The summed E-state index contributed by atoms with van der Waals surface area (Å²) in [5.41, 5.74) is -4.23. The maximum absolute atomic E-state index is 14.6. The second-order valence-corrected chi connectivity index (χ2v) is 12.5. The fourth-order valence-corrected chi connectivity index (χ4v) is 7.96. The number of ketones is 1. The number of allylic oxidation sites excluding steroid dienone is 1. The van der Waals surface area contributed by atoms with E-state index in [0.29, 0.717) is 5.57 Å². The van der Waals surface area contributed by atoms with Gasteiger partial charge in [0.05, 0.1) is 29.6 Å². The van der Waals surface area contributed by atoms with Gasteiger partial charge in [0.15, 0.2) is 11.4 Å². The standard InChI is InChI=1S/C31H42O8/c1-9-31(36)26(38-27(35)20-13-11-10-12-14-20)24-29(8,25(34)18(4)23(17(2)3)28(31,6)7)21(33)15-22-30(24,16-37-22)39-19(5)32/h10-14,17,21-22,24,26,33,36H,9,15-16H2,1-8H3/b23-18-. The number of esters is 2. The van der Waals surface area contributed by atoms with Crippen LogP contribution in [0.5, 0.6) is 0 Å². The SMILES string of the molecule is CCC1(O)C(OC(=O)c2ccccc2)C2C3(OC(C)=O)COC3CC(O)C2(C)C(=O)/C(C)=C(/C(C)C)C1(C)C. The van der Waals surface area contributed by atoms with Gasteiger partial charge in [-0.05, 0) is 43.9 Å². The van der Waals surface area contributed by atoms with Crippen LogP contribution in [0.3, 0.4) is 0 Å². The van der Waals surface area contributed by atoms with E-state index >= 15 is 0 Å². The molecule has 0 spiro atoms. The first-order chi connectivity index (χ1) is 18.1. The third kappa shape index (κ3) is 4.09. The van der Waals surface area contributed by atoms with Crippen LogP contribution in [0.1, 0.15) is 78.6 Å². The lowest BCUT2D eigenvalue weighted by Gasteiger charge is -2.66. The molecule has 1 saturated carbocycles. The third-order valence-corrected chi connectivity index (χ3v) is 9.81. The molecule has 2 N–H and O–H groups in total. The molecular formula is C31H42O8. The Bertz CT molecular complexity index is 1190. The van der Waals surface area contributed by atoms with Crippen molar-refractivity contribution in [3.63, 3.8) is 0 Å². The predicted octanol–water partition coefficient (Wildman–Crippen LogP) is 4.02. The summed E-state index contributed by atoms with van der Waals surface area (Å²) in [5.74, 6) is -2.80. The highest BCUT2D eigenvalue weighted by Crippen LogP contribution is 2.62. The van der Waals surface area contributed by atoms with E-state index in [4.69, 9.17) is 14.2 Å². The van der Waals surface area contributed by atoms with Crippen LogP contribution in [0.25, 0.3) is 0 Å². The van der Waals surface area contributed by atoms with Crippen LogP contribution >= 0.6 is 0 Å². The van der Waals surface area contributed by atoms with Gasteiger partial charge >= 0.3 is 11.9 Å². The van der Waals surface area contributed by atoms with Gasteiger partial charge in [-0.1, -0.05) is 58.4 Å². The van der Waals surface area contributed by atoms with Gasteiger partial charge in [-0.2, -0.15) is 0 Å². The van der Waals surface area contributed by atoms with Crippen LogP contribution in [-0.2, 0) is 23.8 Å². The highest BCUT2D eigenvalue weighted by molar-refractivity contribution is 6.01. The van der Waals surface area contributed by atoms with Crippen LogP contribution in [0.2, 0.25) is 0 Å². The summed E-state index contributed by atoms with van der Waals surface area (Å²) < 4.78 is 18.1. The quantitative estimate of drug-likeness (QED) is 0.536. The van der Waals surface area contributed by atoms with Crippen molar-refractivity contribution in [2.75, 3.05) is 6.61 Å². The second kappa shape index (κ2) is 9.82. The summed E-state index contributed by atoms with van der Waals surface area (Å²) >= 11 is 0. The predicted molar refractivity (Wildman–Crippen MR) is 144 cm³/mol. The fraction of sp³-hybridized carbons (Fsp3) is 0.645. The first-order valence-corrected chi connectivity index (χ1v) is 13.8. The Morgan fingerprint density at radius 3 is 2.26 bits per heavy atom. The van der Waals surface area contributed by atoms with E-state index in [0.717, 1.165) is 5.57 Å². The lowest BCUT2D eigenvalue weighted by Crippen LogP contribution is -2.80. The zero-order valence-corrected chi connectivity index (χ0v) is 24.2. The number of aliphatic hydroxyl groups excluding tert-OH is 1. The highest BCUT2D eigenvalue weighted by atomic mass is 16.6. The van der Waals surface area contributed by atoms with Crippen LogP contribution in [0, 0.1) is 22.7 Å². The number of hydrogen-bond donors (Lipinski definition) is 2. The Morgan fingerprint density at radius 1 is 1.15 bits per heavy atom. The number of hydrogen-bond acceptors (Lipinski definition) is 8. The van der Waals surface area contributed by atoms with E-state index in [1.165, 1.54) is 6.92 Å². The monoisotopic (exact) mass is 542 g/mol. The highest BCUT2D eigenvalue weighted by Gasteiger charge is 2.76. The lowest BCUT2D eigenvalue weighted by molar-refractivity contribution is -0.342. The number of fused-ring (bicyclic) bond motifs is 3. The molecule has 8 heteroatoms. The minimum atomic E-state index is -1.71. The Kier molecular flexibility index (Phi) is 7.41. The molecule has 0 aromatic heterocycles. The molecular weight excluding hydrogens is 500 g/mol. The van der Waals surface area contributed by atoms with Gasteiger partial charge < -0.3 is 24.4 Å². The number of ether oxygens (including phenoxy) is 3. The maximum atomic E-state index is 14.6. The zero-order valence-electron chi connectivity index (χ0n) is 24.2. The van der Waals surface area contributed by atoms with E-state index in [-0.39, 0.29) is 36.7 Å². The molecule has 3 aliphatic rings. The van der Waals surface area contributed by atoms with E-state index in [9.17, 15) is 24.6 Å². The van der Waals surface area contributed by atoms with E-state index in [1.807, 2.05) is 34.6 Å². The van der Waals surface area contributed by atoms with Crippen molar-refractivity contribution in [1.29, 1.82) is 0 Å². The second-order valence-electron chi connectivity index (χ2n) is 12.5. The Labute approximate surface area is 230 Å². The number of carbonyl (C=O) groups excluding carboxylic acids is 3. The zero-order chi connectivity index (χ0) is 29.1. The summed E-state index contributed by atoms with van der Waals surface area (Å²) in [6.45, 7) is 14.1. The number of Topliss-reactive ketones (excluding diaryl/α,β-unsaturated/α-hetero) is 1. The largest absolute Gasteiger partial charge is 0.455 e. The minimum absolute atomic E-state index is 0.0447. The molecule has 7 atom stereocenters. The van der Waals surface area contributed by atoms with Crippen molar-refractivity contribution >= 4 is 17.7 Å². The van der Waals surface area contributed by atoms with Crippen molar-refractivity contribution in [3.8, 4) is 0 Å². The van der Waals surface area contributed by atoms with Crippen molar-refractivity contribution in [1.82, 2.24) is 0 Å². The van der Waals surface area contributed by atoms with Crippen LogP contribution < -0.4 is 0 Å². The third-order valence-electron chi connectivity index (χ3n) is 9.81. The normalized spacial score (nSPS) is 39.5. The molecule has 0 bridgehead atoms. The number of benzene rings is 1. The lowest BCUT2D eigenvalue weighted by atomic mass is 9.46. The molecule has 1 aliphatic heterocycles. The smallest absolute Gasteiger partial charge is 0.338 e. The van der Waals surface area contributed by atoms with Crippen molar-refractivity contribution < 1.29 is 38.8 Å². The van der Waals surface area contributed by atoms with Gasteiger partial charge in [0.2, 0.25) is 0 Å². The first kappa shape index (κ1) is 29.4. The Balaban J connectivity index is 2.08. The van der Waals surface area contributed by atoms with Crippen LogP contribution in [0.15, 0.2) is 41.5 Å². The molecule has 1 heterocycles. The van der Waals surface area contributed by atoms with Gasteiger partial charge in [0, 0.05) is 18.8 Å². The minimum Gasteiger partial charge on any atom is -0.455 e. The molecule has 39 heavy (non-hydrogen) atoms. The molecule has 8 nitrogen and oxygen atoms in total. The first-order valence-electron chi connectivity index (χ1n) is 13.8. The molecule has 1 aromatic carbocycles. The summed E-state index contributed by atoms with van der Waals surface area (Å²) in [6, 6.07) is 8.42. The molecule has 4 rings (SSSR count). The summed E-state index contributed by atoms with van der Waals surface area (Å²) in [7, 11) is 0.